The molecule has 0 bridgehead atoms. The van der Waals surface area contributed by atoms with E-state index in [0.717, 1.165) is 32.1 Å². The van der Waals surface area contributed by atoms with Gasteiger partial charge in [0.05, 0.1) is 18.3 Å². The Bertz CT molecular complexity index is 511. The van der Waals surface area contributed by atoms with Crippen molar-refractivity contribution in [1.82, 2.24) is 25.3 Å². The highest BCUT2D eigenvalue weighted by atomic mass is 16.5. The molecule has 0 aromatic carbocycles. The van der Waals surface area contributed by atoms with Gasteiger partial charge in [0.1, 0.15) is 0 Å². The Morgan fingerprint density at radius 3 is 2.56 bits per heavy atom. The summed E-state index contributed by atoms with van der Waals surface area (Å²) >= 11 is 0. The molecule has 1 aromatic heterocycles. The molecule has 1 rings (SSSR count). The first-order valence-electron chi connectivity index (χ1n) is 9.10. The van der Waals surface area contributed by atoms with Crippen LogP contribution >= 0.6 is 0 Å². The average molecular weight is 353 g/mol. The average Bonchev–Trinajstić information content (AvgIpc) is 2.98. The van der Waals surface area contributed by atoms with Crippen LogP contribution < -0.4 is 10.6 Å². The van der Waals surface area contributed by atoms with Gasteiger partial charge in [0.15, 0.2) is 5.96 Å². The molecule has 144 valence electrons. The SMILES string of the molecule is CCOC(CCNC(=NC)NCC(c1cnn(C)c1)N(C)C)C(C)C. The second kappa shape index (κ2) is 11.1. The van der Waals surface area contributed by atoms with E-state index in [1.165, 1.54) is 5.56 Å². The Hall–Kier alpha value is -1.60. The van der Waals surface area contributed by atoms with Crippen LogP contribution in [0.1, 0.15) is 38.8 Å². The Morgan fingerprint density at radius 2 is 2.08 bits per heavy atom. The van der Waals surface area contributed by atoms with Gasteiger partial charge in [-0.3, -0.25) is 9.67 Å². The summed E-state index contributed by atoms with van der Waals surface area (Å²) in [5.41, 5.74) is 1.19. The van der Waals surface area contributed by atoms with E-state index in [9.17, 15) is 0 Å². The van der Waals surface area contributed by atoms with Gasteiger partial charge in [-0.1, -0.05) is 13.8 Å². The van der Waals surface area contributed by atoms with Gasteiger partial charge in [0.2, 0.25) is 0 Å². The highest BCUT2D eigenvalue weighted by Gasteiger charge is 2.17. The van der Waals surface area contributed by atoms with E-state index in [2.05, 4.69) is 59.8 Å². The molecule has 2 atom stereocenters. The number of rotatable bonds is 10. The van der Waals surface area contributed by atoms with Crippen molar-refractivity contribution in [2.24, 2.45) is 18.0 Å². The smallest absolute Gasteiger partial charge is 0.191 e. The summed E-state index contributed by atoms with van der Waals surface area (Å²) in [4.78, 5) is 6.50. The molecule has 1 heterocycles. The van der Waals surface area contributed by atoms with Crippen molar-refractivity contribution in [3.8, 4) is 0 Å². The predicted molar refractivity (Wildman–Crippen MR) is 104 cm³/mol. The summed E-state index contributed by atoms with van der Waals surface area (Å²) in [5.74, 6) is 1.33. The number of likely N-dealkylation sites (N-methyl/N-ethyl adjacent to an activating group) is 1. The molecular formula is C18H36N6O. The fraction of sp³-hybridized carbons (Fsp3) is 0.778. The summed E-state index contributed by atoms with van der Waals surface area (Å²) in [5, 5.41) is 11.1. The molecule has 0 fully saturated rings. The van der Waals surface area contributed by atoms with Crippen molar-refractivity contribution >= 4 is 5.96 Å². The first-order valence-corrected chi connectivity index (χ1v) is 9.10. The Labute approximate surface area is 152 Å². The zero-order valence-electron chi connectivity index (χ0n) is 16.9. The fourth-order valence-corrected chi connectivity index (χ4v) is 2.78. The van der Waals surface area contributed by atoms with Gasteiger partial charge >= 0.3 is 0 Å². The molecule has 0 aliphatic carbocycles. The third kappa shape index (κ3) is 7.44. The monoisotopic (exact) mass is 352 g/mol. The van der Waals surface area contributed by atoms with Crippen LogP contribution in [-0.2, 0) is 11.8 Å². The lowest BCUT2D eigenvalue weighted by molar-refractivity contribution is 0.0258. The van der Waals surface area contributed by atoms with E-state index < -0.39 is 0 Å². The zero-order chi connectivity index (χ0) is 18.8. The number of nitrogens with one attached hydrogen (secondary N) is 2. The van der Waals surface area contributed by atoms with Gasteiger partial charge in [-0.05, 0) is 33.4 Å². The lowest BCUT2D eigenvalue weighted by Crippen LogP contribution is -2.42. The minimum absolute atomic E-state index is 0.235. The van der Waals surface area contributed by atoms with E-state index in [1.807, 2.05) is 24.9 Å². The van der Waals surface area contributed by atoms with Crippen LogP contribution in [-0.4, -0.2) is 67.6 Å². The van der Waals surface area contributed by atoms with Gasteiger partial charge in [0, 0.05) is 45.6 Å². The fourth-order valence-electron chi connectivity index (χ4n) is 2.78. The van der Waals surface area contributed by atoms with Crippen molar-refractivity contribution in [3.05, 3.63) is 18.0 Å². The predicted octanol–water partition coefficient (Wildman–Crippen LogP) is 1.64. The maximum absolute atomic E-state index is 5.79. The number of aryl methyl sites for hydroxylation is 1. The van der Waals surface area contributed by atoms with Crippen molar-refractivity contribution in [2.75, 3.05) is 40.8 Å². The van der Waals surface area contributed by atoms with Crippen LogP contribution in [0.5, 0.6) is 0 Å². The molecule has 0 aliphatic rings. The molecule has 7 nitrogen and oxygen atoms in total. The number of aliphatic imine (C=N–C) groups is 1. The normalized spacial score (nSPS) is 14.8. The van der Waals surface area contributed by atoms with E-state index in [-0.39, 0.29) is 12.1 Å². The Balaban J connectivity index is 2.49. The lowest BCUT2D eigenvalue weighted by atomic mass is 10.0. The number of hydrogen-bond acceptors (Lipinski definition) is 4. The summed E-state index contributed by atoms with van der Waals surface area (Å²) in [6, 6.07) is 0.235. The summed E-state index contributed by atoms with van der Waals surface area (Å²) in [7, 11) is 7.88. The van der Waals surface area contributed by atoms with Crippen molar-refractivity contribution in [1.29, 1.82) is 0 Å². The van der Waals surface area contributed by atoms with E-state index in [4.69, 9.17) is 4.74 Å². The Morgan fingerprint density at radius 1 is 1.36 bits per heavy atom. The standard InChI is InChI=1S/C18H36N6O/c1-8-25-17(14(2)3)9-10-20-18(19-4)21-12-16(23(5)6)15-11-22-24(7)13-15/h11,13-14,16-17H,8-10,12H2,1-7H3,(H2,19,20,21). The third-order valence-electron chi connectivity index (χ3n) is 4.27. The molecule has 0 saturated carbocycles. The Kier molecular flexibility index (Phi) is 9.52. The third-order valence-corrected chi connectivity index (χ3v) is 4.27. The summed E-state index contributed by atoms with van der Waals surface area (Å²) in [6.45, 7) is 8.79. The molecule has 2 N–H and O–H groups in total. The molecule has 0 spiro atoms. The second-order valence-corrected chi connectivity index (χ2v) is 6.83. The number of aromatic nitrogens is 2. The quantitative estimate of drug-likeness (QED) is 0.495. The second-order valence-electron chi connectivity index (χ2n) is 6.83. The molecule has 2 unspecified atom stereocenters. The molecule has 25 heavy (non-hydrogen) atoms. The molecule has 1 aromatic rings. The van der Waals surface area contributed by atoms with Gasteiger partial charge in [-0.25, -0.2) is 0 Å². The van der Waals surface area contributed by atoms with Crippen molar-refractivity contribution in [2.45, 2.75) is 39.3 Å². The van der Waals surface area contributed by atoms with Crippen LogP contribution in [0.15, 0.2) is 17.4 Å². The van der Waals surface area contributed by atoms with Gasteiger partial charge < -0.3 is 20.3 Å². The number of hydrogen-bond donors (Lipinski definition) is 2. The topological polar surface area (TPSA) is 66.7 Å². The van der Waals surface area contributed by atoms with Gasteiger partial charge in [-0.15, -0.1) is 0 Å². The van der Waals surface area contributed by atoms with E-state index >= 15 is 0 Å². The van der Waals surface area contributed by atoms with Gasteiger partial charge in [-0.2, -0.15) is 5.10 Å². The highest BCUT2D eigenvalue weighted by Crippen LogP contribution is 2.16. The van der Waals surface area contributed by atoms with Crippen LogP contribution in [0.3, 0.4) is 0 Å². The summed E-state index contributed by atoms with van der Waals surface area (Å²) < 4.78 is 7.62. The van der Waals surface area contributed by atoms with Crippen molar-refractivity contribution in [3.63, 3.8) is 0 Å². The zero-order valence-corrected chi connectivity index (χ0v) is 16.9. The number of ether oxygens (including phenoxy) is 1. The number of guanidine groups is 1. The van der Waals surface area contributed by atoms with E-state index in [1.54, 1.807) is 7.05 Å². The molecule has 0 aliphatic heterocycles. The largest absolute Gasteiger partial charge is 0.378 e. The van der Waals surface area contributed by atoms with E-state index in [0.29, 0.717) is 5.92 Å². The highest BCUT2D eigenvalue weighted by molar-refractivity contribution is 5.79. The molecular weight excluding hydrogens is 316 g/mol. The molecule has 7 heteroatoms. The van der Waals surface area contributed by atoms with Gasteiger partial charge in [0.25, 0.3) is 0 Å². The van der Waals surface area contributed by atoms with Crippen molar-refractivity contribution < 1.29 is 4.74 Å². The number of nitrogens with zero attached hydrogens (tertiary/aromatic N) is 4. The maximum Gasteiger partial charge on any atom is 0.191 e. The van der Waals surface area contributed by atoms with Crippen LogP contribution in [0.4, 0.5) is 0 Å². The molecule has 0 saturated heterocycles. The molecule has 0 amide bonds. The van der Waals surface area contributed by atoms with Crippen LogP contribution in [0.2, 0.25) is 0 Å². The summed E-state index contributed by atoms with van der Waals surface area (Å²) in [6.07, 6.45) is 5.21. The van der Waals surface area contributed by atoms with Crippen LogP contribution in [0, 0.1) is 5.92 Å². The lowest BCUT2D eigenvalue weighted by Gasteiger charge is -2.25. The first kappa shape index (κ1) is 21.4. The molecule has 0 radical (unpaired) electrons. The minimum Gasteiger partial charge on any atom is -0.378 e. The first-order chi connectivity index (χ1) is 11.9. The van der Waals surface area contributed by atoms with Crippen LogP contribution in [0.25, 0.3) is 0 Å². The maximum atomic E-state index is 5.79. The minimum atomic E-state index is 0.235.